The molecule has 0 bridgehead atoms. The van der Waals surface area contributed by atoms with Crippen LogP contribution in [0.5, 0.6) is 0 Å². The second kappa shape index (κ2) is 6.82. The molecule has 1 aliphatic heterocycles. The topological polar surface area (TPSA) is 64.9 Å². The highest BCUT2D eigenvalue weighted by atomic mass is 32.2. The number of thioether (sulfide) groups is 2. The van der Waals surface area contributed by atoms with Crippen LogP contribution in [0.4, 0.5) is 0 Å². The second-order valence-corrected chi connectivity index (χ2v) is 7.52. The first-order chi connectivity index (χ1) is 8.66. The van der Waals surface area contributed by atoms with Crippen molar-refractivity contribution in [1.29, 1.82) is 0 Å². The highest BCUT2D eigenvalue weighted by Crippen LogP contribution is 2.41. The van der Waals surface area contributed by atoms with Gasteiger partial charge in [0.05, 0.1) is 5.25 Å². The van der Waals surface area contributed by atoms with Crippen molar-refractivity contribution >= 4 is 23.5 Å². The molecule has 1 aliphatic rings. The summed E-state index contributed by atoms with van der Waals surface area (Å²) in [5, 5.41) is 5.09. The van der Waals surface area contributed by atoms with Gasteiger partial charge in [0, 0.05) is 29.2 Å². The third kappa shape index (κ3) is 3.90. The van der Waals surface area contributed by atoms with Gasteiger partial charge in [-0.05, 0) is 19.8 Å². The number of nitrogens with two attached hydrogens (primary N) is 1. The number of hydrogen-bond donors (Lipinski definition) is 1. The van der Waals surface area contributed by atoms with Crippen molar-refractivity contribution in [3.8, 4) is 0 Å². The van der Waals surface area contributed by atoms with Crippen LogP contribution < -0.4 is 5.73 Å². The molecule has 4 nitrogen and oxygen atoms in total. The Balaban J connectivity index is 1.88. The molecule has 1 aromatic rings. The largest absolute Gasteiger partial charge is 0.339 e. The highest BCUT2D eigenvalue weighted by molar-refractivity contribution is 8.06. The van der Waals surface area contributed by atoms with E-state index in [1.165, 1.54) is 11.5 Å². The van der Waals surface area contributed by atoms with Crippen molar-refractivity contribution in [2.75, 3.05) is 11.5 Å². The smallest absolute Gasteiger partial charge is 0.226 e. The predicted octanol–water partition coefficient (Wildman–Crippen LogP) is 2.65. The third-order valence-electron chi connectivity index (χ3n) is 2.98. The van der Waals surface area contributed by atoms with Gasteiger partial charge in [-0.25, -0.2) is 0 Å². The first kappa shape index (κ1) is 14.2. The lowest BCUT2D eigenvalue weighted by Gasteiger charge is -2.24. The van der Waals surface area contributed by atoms with Gasteiger partial charge in [0.25, 0.3) is 0 Å². The van der Waals surface area contributed by atoms with E-state index in [0.29, 0.717) is 10.5 Å². The summed E-state index contributed by atoms with van der Waals surface area (Å²) in [6.45, 7) is 4.27. The van der Waals surface area contributed by atoms with E-state index in [9.17, 15) is 0 Å². The lowest BCUT2D eigenvalue weighted by molar-refractivity contribution is 0.367. The van der Waals surface area contributed by atoms with Crippen LogP contribution in [0.3, 0.4) is 0 Å². The van der Waals surface area contributed by atoms with Gasteiger partial charge in [0.1, 0.15) is 0 Å². The van der Waals surface area contributed by atoms with Gasteiger partial charge < -0.3 is 10.3 Å². The number of aromatic nitrogens is 2. The van der Waals surface area contributed by atoms with Crippen LogP contribution in [-0.2, 0) is 6.42 Å². The molecule has 1 aromatic heterocycles. The number of aryl methyl sites for hydroxylation is 1. The van der Waals surface area contributed by atoms with E-state index in [1.807, 2.05) is 30.4 Å². The zero-order valence-corrected chi connectivity index (χ0v) is 12.6. The molecule has 2 rings (SSSR count). The average Bonchev–Trinajstić information content (AvgIpc) is 2.78. The molecular weight excluding hydrogens is 266 g/mol. The van der Waals surface area contributed by atoms with E-state index in [-0.39, 0.29) is 6.04 Å². The molecule has 3 atom stereocenters. The van der Waals surface area contributed by atoms with Gasteiger partial charge in [0.15, 0.2) is 5.82 Å². The van der Waals surface area contributed by atoms with Gasteiger partial charge in [0.2, 0.25) is 5.89 Å². The van der Waals surface area contributed by atoms with E-state index in [4.69, 9.17) is 10.3 Å². The summed E-state index contributed by atoms with van der Waals surface area (Å²) >= 11 is 3.93. The Hall–Kier alpha value is -0.200. The van der Waals surface area contributed by atoms with E-state index >= 15 is 0 Å². The normalized spacial score (nSPS) is 26.2. The molecule has 1 saturated heterocycles. The Morgan fingerprint density at radius 1 is 1.44 bits per heavy atom. The van der Waals surface area contributed by atoms with Crippen LogP contribution >= 0.6 is 23.5 Å². The maximum absolute atomic E-state index is 5.72. The molecule has 102 valence electrons. The summed E-state index contributed by atoms with van der Waals surface area (Å²) in [6, 6.07) is 0.248. The summed E-state index contributed by atoms with van der Waals surface area (Å²) in [6.07, 6.45) is 2.86. The third-order valence-corrected chi connectivity index (χ3v) is 6.06. The fourth-order valence-corrected chi connectivity index (χ4v) is 4.66. The fourth-order valence-electron chi connectivity index (χ4n) is 1.98. The second-order valence-electron chi connectivity index (χ2n) is 4.78. The minimum atomic E-state index is 0.248. The summed E-state index contributed by atoms with van der Waals surface area (Å²) in [4.78, 5) is 4.53. The van der Waals surface area contributed by atoms with E-state index < -0.39 is 0 Å². The van der Waals surface area contributed by atoms with Crippen molar-refractivity contribution in [1.82, 2.24) is 10.1 Å². The van der Waals surface area contributed by atoms with Crippen LogP contribution in [-0.4, -0.2) is 32.9 Å². The molecule has 0 aromatic carbocycles. The predicted molar refractivity (Wildman–Crippen MR) is 78.0 cm³/mol. The first-order valence-electron chi connectivity index (χ1n) is 6.48. The van der Waals surface area contributed by atoms with Gasteiger partial charge >= 0.3 is 0 Å². The molecule has 0 aliphatic carbocycles. The lowest BCUT2D eigenvalue weighted by Crippen LogP contribution is -2.17. The SMILES string of the molecule is CC(N)CCCc1nc(C2SCCSC2C)no1. The average molecular weight is 287 g/mol. The standard InChI is InChI=1S/C12H21N3OS2/c1-8(13)4-3-5-10-14-12(15-16-10)11-9(2)17-6-7-18-11/h8-9,11H,3-7,13H2,1-2H3. The minimum absolute atomic E-state index is 0.248. The van der Waals surface area contributed by atoms with Gasteiger partial charge in [-0.15, -0.1) is 11.8 Å². The maximum atomic E-state index is 5.72. The first-order valence-corrected chi connectivity index (χ1v) is 8.58. The highest BCUT2D eigenvalue weighted by Gasteiger charge is 2.28. The molecule has 18 heavy (non-hydrogen) atoms. The minimum Gasteiger partial charge on any atom is -0.339 e. The number of rotatable bonds is 5. The molecule has 0 spiro atoms. The van der Waals surface area contributed by atoms with Crippen molar-refractivity contribution in [2.45, 2.75) is 49.7 Å². The molecule has 3 unspecified atom stereocenters. The van der Waals surface area contributed by atoms with Crippen LogP contribution in [0.2, 0.25) is 0 Å². The van der Waals surface area contributed by atoms with Crippen LogP contribution in [0.25, 0.3) is 0 Å². The fraction of sp³-hybridized carbons (Fsp3) is 0.833. The van der Waals surface area contributed by atoms with Gasteiger partial charge in [-0.3, -0.25) is 0 Å². The number of hydrogen-bond acceptors (Lipinski definition) is 6. The Bertz CT molecular complexity index is 370. The quantitative estimate of drug-likeness (QED) is 0.898. The van der Waals surface area contributed by atoms with Crippen LogP contribution in [0, 0.1) is 0 Å². The Labute approximate surface area is 117 Å². The number of nitrogens with zero attached hydrogens (tertiary/aromatic N) is 2. The molecule has 1 fully saturated rings. The molecule has 0 radical (unpaired) electrons. The monoisotopic (exact) mass is 287 g/mol. The van der Waals surface area contributed by atoms with E-state index in [2.05, 4.69) is 17.1 Å². The van der Waals surface area contributed by atoms with Crippen molar-refractivity contribution in [3.05, 3.63) is 11.7 Å². The summed E-state index contributed by atoms with van der Waals surface area (Å²) in [5.74, 6) is 4.03. The molecule has 6 heteroatoms. The molecular formula is C12H21N3OS2. The zero-order valence-electron chi connectivity index (χ0n) is 11.0. The molecule has 2 N–H and O–H groups in total. The van der Waals surface area contributed by atoms with Crippen LogP contribution in [0.15, 0.2) is 4.52 Å². The Morgan fingerprint density at radius 3 is 2.94 bits per heavy atom. The molecule has 2 heterocycles. The van der Waals surface area contributed by atoms with E-state index in [1.54, 1.807) is 0 Å². The van der Waals surface area contributed by atoms with E-state index in [0.717, 1.165) is 31.0 Å². The summed E-state index contributed by atoms with van der Waals surface area (Å²) in [5.41, 5.74) is 5.72. The summed E-state index contributed by atoms with van der Waals surface area (Å²) < 4.78 is 5.32. The van der Waals surface area contributed by atoms with Crippen molar-refractivity contribution in [3.63, 3.8) is 0 Å². The maximum Gasteiger partial charge on any atom is 0.226 e. The van der Waals surface area contributed by atoms with Gasteiger partial charge in [-0.2, -0.15) is 16.7 Å². The molecule has 0 amide bonds. The van der Waals surface area contributed by atoms with Crippen LogP contribution in [0.1, 0.15) is 43.7 Å². The lowest BCUT2D eigenvalue weighted by atomic mass is 10.1. The zero-order chi connectivity index (χ0) is 13.0. The Kier molecular flexibility index (Phi) is 5.38. The Morgan fingerprint density at radius 2 is 2.22 bits per heavy atom. The van der Waals surface area contributed by atoms with Crippen molar-refractivity contribution in [2.24, 2.45) is 5.73 Å². The van der Waals surface area contributed by atoms with Crippen molar-refractivity contribution < 1.29 is 4.52 Å². The molecule has 0 saturated carbocycles. The van der Waals surface area contributed by atoms with Gasteiger partial charge in [-0.1, -0.05) is 12.1 Å². The summed E-state index contributed by atoms with van der Waals surface area (Å²) in [7, 11) is 0.